The molecular formula is C22H34O2. The van der Waals surface area contributed by atoms with Crippen molar-refractivity contribution in [3.8, 4) is 0 Å². The quantitative estimate of drug-likeness (QED) is 0.696. The first-order valence-corrected chi connectivity index (χ1v) is 10.7. The number of rotatable bonds is 0. The van der Waals surface area contributed by atoms with Gasteiger partial charge in [0.05, 0.1) is 6.10 Å². The Kier molecular flexibility index (Phi) is 3.51. The summed E-state index contributed by atoms with van der Waals surface area (Å²) in [5.41, 5.74) is 1.04. The van der Waals surface area contributed by atoms with Crippen LogP contribution in [0, 0.1) is 40.4 Å². The topological polar surface area (TPSA) is 37.3 Å². The molecule has 1 spiro atoms. The van der Waals surface area contributed by atoms with E-state index in [1.807, 2.05) is 0 Å². The van der Waals surface area contributed by atoms with Crippen molar-refractivity contribution in [2.24, 2.45) is 40.4 Å². The van der Waals surface area contributed by atoms with Gasteiger partial charge in [0.25, 0.3) is 0 Å². The summed E-state index contributed by atoms with van der Waals surface area (Å²) in [6.45, 7) is 2.58. The predicted octanol–water partition coefficient (Wildman–Crippen LogP) is 4.74. The van der Waals surface area contributed by atoms with Crippen LogP contribution in [0.4, 0.5) is 0 Å². The molecule has 1 unspecified atom stereocenters. The molecule has 2 heteroatoms. The molecule has 0 aromatic rings. The molecule has 0 heterocycles. The van der Waals surface area contributed by atoms with Gasteiger partial charge in [-0.1, -0.05) is 6.92 Å². The van der Waals surface area contributed by atoms with Gasteiger partial charge in [0.2, 0.25) is 0 Å². The van der Waals surface area contributed by atoms with Gasteiger partial charge in [-0.3, -0.25) is 4.79 Å². The summed E-state index contributed by atoms with van der Waals surface area (Å²) in [5.74, 6) is 4.78. The van der Waals surface area contributed by atoms with Crippen molar-refractivity contribution in [2.45, 2.75) is 90.1 Å². The van der Waals surface area contributed by atoms with Gasteiger partial charge < -0.3 is 5.11 Å². The number of carbonyl (C=O) groups is 1. The highest BCUT2D eigenvalue weighted by Crippen LogP contribution is 2.69. The molecule has 5 saturated carbocycles. The largest absolute Gasteiger partial charge is 0.393 e. The zero-order chi connectivity index (χ0) is 16.5. The summed E-state index contributed by atoms with van der Waals surface area (Å²) in [6, 6.07) is 0. The number of ketones is 1. The Balaban J connectivity index is 1.44. The normalized spacial score (nSPS) is 56.8. The third-order valence-corrected chi connectivity index (χ3v) is 9.88. The van der Waals surface area contributed by atoms with E-state index < -0.39 is 0 Å². The maximum atomic E-state index is 12.0. The van der Waals surface area contributed by atoms with E-state index in [2.05, 4.69) is 6.92 Å². The van der Waals surface area contributed by atoms with Gasteiger partial charge >= 0.3 is 0 Å². The van der Waals surface area contributed by atoms with Crippen molar-refractivity contribution in [3.63, 3.8) is 0 Å². The second kappa shape index (κ2) is 5.32. The Hall–Kier alpha value is -0.370. The molecule has 1 N–H and O–H groups in total. The molecule has 0 aromatic carbocycles. The molecule has 134 valence electrons. The molecular weight excluding hydrogens is 296 g/mol. The third kappa shape index (κ3) is 2.01. The Bertz CT molecular complexity index is 542. The van der Waals surface area contributed by atoms with Gasteiger partial charge in [-0.2, -0.15) is 0 Å². The lowest BCUT2D eigenvalue weighted by Gasteiger charge is -2.62. The molecule has 0 radical (unpaired) electrons. The van der Waals surface area contributed by atoms with Gasteiger partial charge in [0.1, 0.15) is 5.78 Å². The molecule has 24 heavy (non-hydrogen) atoms. The molecule has 5 aliphatic carbocycles. The van der Waals surface area contributed by atoms with Crippen molar-refractivity contribution in [2.75, 3.05) is 0 Å². The number of fused-ring (bicyclic) bond motifs is 4. The monoisotopic (exact) mass is 330 g/mol. The van der Waals surface area contributed by atoms with Gasteiger partial charge in [0.15, 0.2) is 0 Å². The predicted molar refractivity (Wildman–Crippen MR) is 94.4 cm³/mol. The van der Waals surface area contributed by atoms with Crippen molar-refractivity contribution >= 4 is 5.78 Å². The van der Waals surface area contributed by atoms with Crippen LogP contribution in [0.3, 0.4) is 0 Å². The second-order valence-corrected chi connectivity index (χ2v) is 10.4. The van der Waals surface area contributed by atoms with E-state index in [1.165, 1.54) is 51.4 Å². The van der Waals surface area contributed by atoms with Gasteiger partial charge in [0, 0.05) is 12.8 Å². The lowest BCUT2D eigenvalue weighted by Crippen LogP contribution is -2.55. The minimum Gasteiger partial charge on any atom is -0.393 e. The number of aliphatic hydroxyl groups excluding tert-OH is 1. The highest BCUT2D eigenvalue weighted by molar-refractivity contribution is 5.79. The van der Waals surface area contributed by atoms with Crippen LogP contribution in [-0.4, -0.2) is 17.0 Å². The van der Waals surface area contributed by atoms with Crippen molar-refractivity contribution in [1.82, 2.24) is 0 Å². The molecule has 5 rings (SSSR count). The first kappa shape index (κ1) is 15.9. The minimum atomic E-state index is -0.0326. The van der Waals surface area contributed by atoms with Crippen molar-refractivity contribution in [3.05, 3.63) is 0 Å². The number of carbonyl (C=O) groups excluding carboxylic acids is 1. The van der Waals surface area contributed by atoms with Crippen molar-refractivity contribution in [1.29, 1.82) is 0 Å². The Morgan fingerprint density at radius 2 is 1.75 bits per heavy atom. The van der Waals surface area contributed by atoms with Crippen molar-refractivity contribution < 1.29 is 9.90 Å². The van der Waals surface area contributed by atoms with E-state index in [0.717, 1.165) is 55.3 Å². The van der Waals surface area contributed by atoms with E-state index >= 15 is 0 Å². The molecule has 0 amide bonds. The summed E-state index contributed by atoms with van der Waals surface area (Å²) in [7, 11) is 0. The zero-order valence-corrected chi connectivity index (χ0v) is 15.3. The first-order chi connectivity index (χ1) is 11.5. The SMILES string of the molecule is C[C@]12CC[C@@H](O)C[C@@H]1CC[C@H]1[C@@H]3CCC4CC(=O)CC[C@@]43CC[C@@H]12. The number of Topliss-reactive ketones (excluding diaryl/α,β-unsaturated/α-hetero) is 1. The fraction of sp³-hybridized carbons (Fsp3) is 0.955. The maximum Gasteiger partial charge on any atom is 0.133 e. The fourth-order valence-corrected chi connectivity index (χ4v) is 8.72. The van der Waals surface area contributed by atoms with Crippen LogP contribution in [0.25, 0.3) is 0 Å². The highest BCUT2D eigenvalue weighted by Gasteiger charge is 2.62. The standard InChI is InChI=1S/C22H34O2/c1-21-9-6-16(23)12-14(21)2-4-18-19(21)8-11-22-10-7-17(24)13-15(22)3-5-20(18)22/h14-16,18-20,23H,2-13H2,1H3/t14-,15?,16+,18+,19-,20-,21-,22+/m0/s1. The lowest BCUT2D eigenvalue weighted by molar-refractivity contribution is -0.144. The molecule has 0 bridgehead atoms. The lowest BCUT2D eigenvalue weighted by atomic mass is 9.43. The Morgan fingerprint density at radius 1 is 0.917 bits per heavy atom. The second-order valence-electron chi connectivity index (χ2n) is 10.4. The van der Waals surface area contributed by atoms with Crippen LogP contribution < -0.4 is 0 Å². The zero-order valence-electron chi connectivity index (χ0n) is 15.3. The molecule has 8 atom stereocenters. The number of hydrogen-bond acceptors (Lipinski definition) is 2. The third-order valence-electron chi connectivity index (χ3n) is 9.88. The number of hydrogen-bond donors (Lipinski definition) is 1. The van der Waals surface area contributed by atoms with E-state index in [4.69, 9.17) is 0 Å². The molecule has 5 fully saturated rings. The van der Waals surface area contributed by atoms with E-state index in [9.17, 15) is 9.90 Å². The smallest absolute Gasteiger partial charge is 0.133 e. The number of aliphatic hydroxyl groups is 1. The minimum absolute atomic E-state index is 0.0326. The first-order valence-electron chi connectivity index (χ1n) is 10.7. The summed E-state index contributed by atoms with van der Waals surface area (Å²) in [6.07, 6.45) is 14.6. The van der Waals surface area contributed by atoms with Gasteiger partial charge in [-0.15, -0.1) is 0 Å². The summed E-state index contributed by atoms with van der Waals surface area (Å²) in [4.78, 5) is 12.0. The van der Waals surface area contributed by atoms with Crippen LogP contribution in [0.2, 0.25) is 0 Å². The fourth-order valence-electron chi connectivity index (χ4n) is 8.72. The van der Waals surface area contributed by atoms with Crippen LogP contribution in [-0.2, 0) is 4.79 Å². The van der Waals surface area contributed by atoms with Gasteiger partial charge in [-0.25, -0.2) is 0 Å². The molecule has 2 nitrogen and oxygen atoms in total. The molecule has 0 aliphatic heterocycles. The van der Waals surface area contributed by atoms with E-state index in [0.29, 0.717) is 16.6 Å². The van der Waals surface area contributed by atoms with Crippen LogP contribution >= 0.6 is 0 Å². The Labute approximate surface area is 146 Å². The van der Waals surface area contributed by atoms with Crippen LogP contribution in [0.5, 0.6) is 0 Å². The summed E-state index contributed by atoms with van der Waals surface area (Å²) in [5, 5.41) is 10.2. The molecule has 0 aromatic heterocycles. The van der Waals surface area contributed by atoms with E-state index in [-0.39, 0.29) is 6.10 Å². The Morgan fingerprint density at radius 3 is 2.62 bits per heavy atom. The average molecular weight is 331 g/mol. The summed E-state index contributed by atoms with van der Waals surface area (Å²) >= 11 is 0. The molecule has 0 saturated heterocycles. The van der Waals surface area contributed by atoms with Crippen LogP contribution in [0.15, 0.2) is 0 Å². The maximum absolute atomic E-state index is 12.0. The van der Waals surface area contributed by atoms with Crippen LogP contribution in [0.1, 0.15) is 84.0 Å². The van der Waals surface area contributed by atoms with Gasteiger partial charge in [-0.05, 0) is 105 Å². The molecule has 5 aliphatic rings. The van der Waals surface area contributed by atoms with E-state index in [1.54, 1.807) is 0 Å². The summed E-state index contributed by atoms with van der Waals surface area (Å²) < 4.78 is 0. The average Bonchev–Trinajstić information content (AvgIpc) is 2.94. The highest BCUT2D eigenvalue weighted by atomic mass is 16.3.